The maximum atomic E-state index is 13.6. The second-order valence-corrected chi connectivity index (χ2v) is 9.56. The largest absolute Gasteiger partial charge is 0.466 e. The number of hydrogen-bond acceptors (Lipinski definition) is 5. The van der Waals surface area contributed by atoms with Crippen LogP contribution in [-0.4, -0.2) is 53.7 Å². The topological polar surface area (TPSA) is 62.2 Å². The van der Waals surface area contributed by atoms with E-state index in [1.54, 1.807) is 5.01 Å². The van der Waals surface area contributed by atoms with Crippen molar-refractivity contribution in [1.82, 2.24) is 9.91 Å². The predicted molar refractivity (Wildman–Crippen MR) is 134 cm³/mol. The Morgan fingerprint density at radius 1 is 1.09 bits per heavy atom. The zero-order valence-electron chi connectivity index (χ0n) is 20.7. The summed E-state index contributed by atoms with van der Waals surface area (Å²) in [6, 6.07) is 14.6. The van der Waals surface area contributed by atoms with Crippen LogP contribution >= 0.6 is 0 Å². The Bertz CT molecular complexity index is 1090. The summed E-state index contributed by atoms with van der Waals surface area (Å²) in [4.78, 5) is 27.9. The first-order chi connectivity index (χ1) is 16.4. The van der Waals surface area contributed by atoms with Gasteiger partial charge in [0.05, 0.1) is 30.8 Å². The molecule has 34 heavy (non-hydrogen) atoms. The molecule has 180 valence electrons. The maximum Gasteiger partial charge on any atom is 0.310 e. The summed E-state index contributed by atoms with van der Waals surface area (Å²) in [5.41, 5.74) is 6.64. The van der Waals surface area contributed by atoms with Gasteiger partial charge in [-0.15, -0.1) is 0 Å². The van der Waals surface area contributed by atoms with E-state index in [1.807, 2.05) is 13.0 Å². The molecule has 1 fully saturated rings. The summed E-state index contributed by atoms with van der Waals surface area (Å²) in [5, 5.41) is 6.55. The average molecular weight is 462 g/mol. The number of ether oxygens (including phenoxy) is 1. The molecule has 0 N–H and O–H groups in total. The molecular weight excluding hydrogens is 426 g/mol. The Labute approximate surface area is 202 Å². The van der Waals surface area contributed by atoms with Crippen LogP contribution in [0, 0.1) is 26.7 Å². The lowest BCUT2D eigenvalue weighted by atomic mass is 9.93. The van der Waals surface area contributed by atoms with Crippen molar-refractivity contribution >= 4 is 17.6 Å². The van der Waals surface area contributed by atoms with E-state index in [0.717, 1.165) is 41.8 Å². The van der Waals surface area contributed by atoms with Gasteiger partial charge in [-0.05, 0) is 63.8 Å². The molecule has 0 bridgehead atoms. The van der Waals surface area contributed by atoms with Crippen LogP contribution in [0.25, 0.3) is 0 Å². The molecule has 4 rings (SSSR count). The van der Waals surface area contributed by atoms with Gasteiger partial charge in [-0.2, -0.15) is 5.10 Å². The van der Waals surface area contributed by atoms with E-state index in [1.165, 1.54) is 11.1 Å². The van der Waals surface area contributed by atoms with E-state index in [0.29, 0.717) is 19.6 Å². The number of benzene rings is 2. The lowest BCUT2D eigenvalue weighted by Gasteiger charge is -2.32. The Morgan fingerprint density at radius 3 is 2.65 bits per heavy atom. The number of hydrazone groups is 1. The number of rotatable bonds is 6. The quantitative estimate of drug-likeness (QED) is 0.592. The highest BCUT2D eigenvalue weighted by Crippen LogP contribution is 2.35. The fourth-order valence-electron chi connectivity index (χ4n) is 5.02. The van der Waals surface area contributed by atoms with E-state index in [4.69, 9.17) is 9.84 Å². The molecular formula is C28H35N3O3. The van der Waals surface area contributed by atoms with Gasteiger partial charge >= 0.3 is 5.97 Å². The molecule has 0 saturated carbocycles. The van der Waals surface area contributed by atoms with Crippen LogP contribution in [0.15, 0.2) is 47.6 Å². The average Bonchev–Trinajstić information content (AvgIpc) is 3.26. The number of aryl methyl sites for hydroxylation is 3. The molecule has 2 aromatic rings. The fraction of sp³-hybridized carbons (Fsp3) is 0.464. The Morgan fingerprint density at radius 2 is 1.88 bits per heavy atom. The first kappa shape index (κ1) is 24.1. The summed E-state index contributed by atoms with van der Waals surface area (Å²) in [6.45, 7) is 10.1. The minimum Gasteiger partial charge on any atom is -0.466 e. The minimum absolute atomic E-state index is 0.0296. The van der Waals surface area contributed by atoms with E-state index in [-0.39, 0.29) is 30.4 Å². The summed E-state index contributed by atoms with van der Waals surface area (Å²) in [6.07, 6.45) is 2.38. The third-order valence-electron chi connectivity index (χ3n) is 6.80. The molecule has 6 heteroatoms. The van der Waals surface area contributed by atoms with Crippen LogP contribution in [0.4, 0.5) is 0 Å². The highest BCUT2D eigenvalue weighted by molar-refractivity contribution is 6.03. The number of amides is 1. The molecule has 0 radical (unpaired) electrons. The van der Waals surface area contributed by atoms with E-state index in [9.17, 15) is 9.59 Å². The van der Waals surface area contributed by atoms with Crippen molar-refractivity contribution in [1.29, 1.82) is 0 Å². The maximum absolute atomic E-state index is 13.6. The van der Waals surface area contributed by atoms with E-state index < -0.39 is 0 Å². The van der Waals surface area contributed by atoms with Crippen molar-refractivity contribution in [3.05, 3.63) is 70.3 Å². The summed E-state index contributed by atoms with van der Waals surface area (Å²) in [5.74, 6) is -0.354. The van der Waals surface area contributed by atoms with Gasteiger partial charge in [0, 0.05) is 13.0 Å². The van der Waals surface area contributed by atoms with Crippen molar-refractivity contribution in [2.24, 2.45) is 11.0 Å². The summed E-state index contributed by atoms with van der Waals surface area (Å²) < 4.78 is 5.22. The van der Waals surface area contributed by atoms with Crippen LogP contribution in [0.1, 0.15) is 60.0 Å². The van der Waals surface area contributed by atoms with Gasteiger partial charge in [0.2, 0.25) is 0 Å². The normalized spacial score (nSPS) is 20.8. The molecule has 1 saturated heterocycles. The molecule has 1 amide bonds. The monoisotopic (exact) mass is 461 g/mol. The van der Waals surface area contributed by atoms with Crippen molar-refractivity contribution in [3.8, 4) is 0 Å². The highest BCUT2D eigenvalue weighted by Gasteiger charge is 2.36. The van der Waals surface area contributed by atoms with E-state index >= 15 is 0 Å². The number of hydrogen-bond donors (Lipinski definition) is 0. The second-order valence-electron chi connectivity index (χ2n) is 9.56. The standard InChI is InChI=1S/C28H35N3O3/c1-5-34-28(33)23-10-7-13-30(17-23)18-27(32)31-26(24-15-20(3)11-12-21(24)4)16-25(29-31)22-9-6-8-19(2)14-22/h6,8-9,11-12,14-15,23,26H,5,7,10,13,16-18H2,1-4H3/t23-,26+/m0/s1. The van der Waals surface area contributed by atoms with Crippen LogP contribution in [0.5, 0.6) is 0 Å². The minimum atomic E-state index is -0.166. The first-order valence-corrected chi connectivity index (χ1v) is 12.3. The Kier molecular flexibility index (Phi) is 7.47. The molecule has 2 aliphatic rings. The molecule has 2 heterocycles. The van der Waals surface area contributed by atoms with E-state index in [2.05, 4.69) is 62.1 Å². The highest BCUT2D eigenvalue weighted by atomic mass is 16.5. The molecule has 2 aromatic carbocycles. The Balaban J connectivity index is 1.58. The fourth-order valence-corrected chi connectivity index (χ4v) is 5.02. The number of carbonyl (C=O) groups is 2. The number of nitrogens with zero attached hydrogens (tertiary/aromatic N) is 3. The molecule has 0 aromatic heterocycles. The zero-order valence-corrected chi connectivity index (χ0v) is 20.7. The summed E-state index contributed by atoms with van der Waals surface area (Å²) >= 11 is 0. The van der Waals surface area contributed by atoms with Gasteiger partial charge in [0.15, 0.2) is 0 Å². The number of carbonyl (C=O) groups excluding carboxylic acids is 2. The predicted octanol–water partition coefficient (Wildman–Crippen LogP) is 4.56. The third kappa shape index (κ3) is 5.39. The van der Waals surface area contributed by atoms with Crippen molar-refractivity contribution in [3.63, 3.8) is 0 Å². The second kappa shape index (κ2) is 10.5. The van der Waals surface area contributed by atoms with Gasteiger partial charge in [0.1, 0.15) is 0 Å². The van der Waals surface area contributed by atoms with Crippen LogP contribution < -0.4 is 0 Å². The molecule has 6 nitrogen and oxygen atoms in total. The zero-order chi connectivity index (χ0) is 24.2. The van der Waals surface area contributed by atoms with Crippen LogP contribution in [0.2, 0.25) is 0 Å². The van der Waals surface area contributed by atoms with Crippen LogP contribution in [-0.2, 0) is 14.3 Å². The molecule has 0 aliphatic carbocycles. The van der Waals surface area contributed by atoms with Crippen LogP contribution in [0.3, 0.4) is 0 Å². The van der Waals surface area contributed by atoms with Gasteiger partial charge in [-0.1, -0.05) is 53.6 Å². The smallest absolute Gasteiger partial charge is 0.310 e. The molecule has 2 aliphatic heterocycles. The SMILES string of the molecule is CCOC(=O)[C@H]1CCCN(CC(=O)N2N=C(c3cccc(C)c3)C[C@@H]2c2cc(C)ccc2C)C1. The van der Waals surface area contributed by atoms with Crippen molar-refractivity contribution < 1.29 is 14.3 Å². The lowest BCUT2D eigenvalue weighted by molar-refractivity contribution is -0.150. The molecule has 2 atom stereocenters. The number of esters is 1. The van der Waals surface area contributed by atoms with Gasteiger partial charge in [-0.25, -0.2) is 5.01 Å². The molecule has 0 unspecified atom stereocenters. The third-order valence-corrected chi connectivity index (χ3v) is 6.80. The Hall–Kier alpha value is -2.99. The van der Waals surface area contributed by atoms with Crippen molar-refractivity contribution in [2.75, 3.05) is 26.2 Å². The van der Waals surface area contributed by atoms with Crippen molar-refractivity contribution in [2.45, 2.75) is 53.0 Å². The first-order valence-electron chi connectivity index (χ1n) is 12.3. The van der Waals surface area contributed by atoms with Gasteiger partial charge < -0.3 is 4.74 Å². The number of piperidine rings is 1. The van der Waals surface area contributed by atoms with Gasteiger partial charge in [-0.3, -0.25) is 14.5 Å². The van der Waals surface area contributed by atoms with Gasteiger partial charge in [0.25, 0.3) is 5.91 Å². The number of likely N-dealkylation sites (tertiary alicyclic amines) is 1. The lowest BCUT2D eigenvalue weighted by Crippen LogP contribution is -2.44. The molecule has 0 spiro atoms. The summed E-state index contributed by atoms with van der Waals surface area (Å²) in [7, 11) is 0.